The van der Waals surface area contributed by atoms with Crippen molar-refractivity contribution in [2.45, 2.75) is 6.92 Å². The lowest BCUT2D eigenvalue weighted by Crippen LogP contribution is -1.96. The molecule has 0 saturated carbocycles. The lowest BCUT2D eigenvalue weighted by molar-refractivity contribution is 0.965. The fourth-order valence-electron chi connectivity index (χ4n) is 2.02. The van der Waals surface area contributed by atoms with E-state index in [2.05, 4.69) is 50.4 Å². The Morgan fingerprint density at radius 2 is 1.89 bits per heavy atom. The summed E-state index contributed by atoms with van der Waals surface area (Å²) in [7, 11) is 0. The Balaban J connectivity index is 2.26. The highest BCUT2D eigenvalue weighted by Crippen LogP contribution is 2.23. The zero-order valence-electron chi connectivity index (χ0n) is 9.64. The van der Waals surface area contributed by atoms with Crippen molar-refractivity contribution in [2.24, 2.45) is 0 Å². The predicted octanol–water partition coefficient (Wildman–Crippen LogP) is 4.15. The van der Waals surface area contributed by atoms with E-state index in [1.807, 2.05) is 23.6 Å². The molecule has 0 atom stereocenters. The quantitative estimate of drug-likeness (QED) is 0.683. The van der Waals surface area contributed by atoms with E-state index in [1.54, 1.807) is 0 Å². The van der Waals surface area contributed by atoms with Crippen LogP contribution in [0.15, 0.2) is 40.9 Å². The number of benzene rings is 2. The maximum Gasteiger partial charge on any atom is 0.199 e. The molecule has 0 saturated heterocycles. The van der Waals surface area contributed by atoms with Gasteiger partial charge in [0.25, 0.3) is 0 Å². The summed E-state index contributed by atoms with van der Waals surface area (Å²) in [5.74, 6) is 0.858. The summed E-state index contributed by atoms with van der Waals surface area (Å²) in [5.41, 5.74) is 1.03. The van der Waals surface area contributed by atoms with Gasteiger partial charge >= 0.3 is 0 Å². The maximum absolute atomic E-state index is 5.24. The average molecular weight is 320 g/mol. The highest BCUT2D eigenvalue weighted by atomic mass is 79.9. The Hall–Kier alpha value is -1.46. The molecule has 5 heteroatoms. The van der Waals surface area contributed by atoms with Crippen molar-refractivity contribution in [3.8, 4) is 5.69 Å². The highest BCUT2D eigenvalue weighted by Gasteiger charge is 2.04. The zero-order valence-corrected chi connectivity index (χ0v) is 12.0. The third-order valence-electron chi connectivity index (χ3n) is 2.88. The van der Waals surface area contributed by atoms with E-state index in [0.717, 1.165) is 16.0 Å². The Morgan fingerprint density at radius 1 is 1.17 bits per heavy atom. The van der Waals surface area contributed by atoms with Gasteiger partial charge in [0.15, 0.2) is 4.77 Å². The molecule has 0 aliphatic heterocycles. The fraction of sp³-hybridized carbons (Fsp3) is 0.0769. The molecule has 18 heavy (non-hydrogen) atoms. The molecule has 1 N–H and O–H groups in total. The van der Waals surface area contributed by atoms with Crippen LogP contribution in [0.25, 0.3) is 16.5 Å². The molecule has 0 bridgehead atoms. The molecule has 3 rings (SSSR count). The first-order chi connectivity index (χ1) is 8.65. The summed E-state index contributed by atoms with van der Waals surface area (Å²) in [4.78, 5) is 0. The van der Waals surface area contributed by atoms with Crippen LogP contribution >= 0.6 is 28.1 Å². The third-order valence-corrected chi connectivity index (χ3v) is 3.65. The first-order valence-electron chi connectivity index (χ1n) is 5.49. The molecule has 2 aromatic carbocycles. The fourth-order valence-corrected chi connectivity index (χ4v) is 2.68. The van der Waals surface area contributed by atoms with Gasteiger partial charge in [0, 0.05) is 4.47 Å². The van der Waals surface area contributed by atoms with Gasteiger partial charge in [-0.05, 0) is 54.2 Å². The Labute approximate surface area is 118 Å². The van der Waals surface area contributed by atoms with E-state index in [4.69, 9.17) is 12.2 Å². The topological polar surface area (TPSA) is 33.6 Å². The number of aromatic nitrogens is 3. The second kappa shape index (κ2) is 4.33. The summed E-state index contributed by atoms with van der Waals surface area (Å²) in [6, 6.07) is 12.5. The van der Waals surface area contributed by atoms with Crippen molar-refractivity contribution < 1.29 is 0 Å². The molecular formula is C13H10BrN3S. The van der Waals surface area contributed by atoms with Crippen LogP contribution in [-0.4, -0.2) is 14.8 Å². The van der Waals surface area contributed by atoms with Crippen LogP contribution in [-0.2, 0) is 0 Å². The van der Waals surface area contributed by atoms with Crippen LogP contribution in [0.5, 0.6) is 0 Å². The van der Waals surface area contributed by atoms with Crippen LogP contribution in [0, 0.1) is 11.7 Å². The van der Waals surface area contributed by atoms with E-state index >= 15 is 0 Å². The van der Waals surface area contributed by atoms with Crippen LogP contribution in [0.2, 0.25) is 0 Å². The number of nitrogens with zero attached hydrogens (tertiary/aromatic N) is 2. The van der Waals surface area contributed by atoms with Crippen LogP contribution < -0.4 is 0 Å². The number of aryl methyl sites for hydroxylation is 1. The molecule has 0 radical (unpaired) electrons. The van der Waals surface area contributed by atoms with Gasteiger partial charge in [-0.25, -0.2) is 0 Å². The number of fused-ring (bicyclic) bond motifs is 1. The van der Waals surface area contributed by atoms with E-state index in [1.165, 1.54) is 10.8 Å². The minimum atomic E-state index is 0.615. The van der Waals surface area contributed by atoms with Crippen molar-refractivity contribution in [2.75, 3.05) is 0 Å². The Morgan fingerprint density at radius 3 is 2.61 bits per heavy atom. The van der Waals surface area contributed by atoms with Crippen molar-refractivity contribution in [1.29, 1.82) is 0 Å². The van der Waals surface area contributed by atoms with E-state index in [0.29, 0.717) is 4.77 Å². The molecule has 3 aromatic rings. The lowest BCUT2D eigenvalue weighted by atomic mass is 10.1. The van der Waals surface area contributed by atoms with E-state index in [-0.39, 0.29) is 0 Å². The van der Waals surface area contributed by atoms with Gasteiger partial charge in [-0.15, -0.1) is 0 Å². The first-order valence-corrected chi connectivity index (χ1v) is 6.69. The molecule has 0 aliphatic carbocycles. The monoisotopic (exact) mass is 319 g/mol. The third kappa shape index (κ3) is 1.89. The molecule has 1 aromatic heterocycles. The predicted molar refractivity (Wildman–Crippen MR) is 78.7 cm³/mol. The number of nitrogens with one attached hydrogen (secondary N) is 1. The first kappa shape index (κ1) is 11.6. The number of hydrogen-bond acceptors (Lipinski definition) is 2. The van der Waals surface area contributed by atoms with Crippen molar-refractivity contribution >= 4 is 38.9 Å². The Bertz CT molecular complexity index is 788. The second-order valence-corrected chi connectivity index (χ2v) is 5.39. The minimum absolute atomic E-state index is 0.615. The number of rotatable bonds is 1. The molecule has 3 nitrogen and oxygen atoms in total. The number of aromatic amines is 1. The van der Waals surface area contributed by atoms with Gasteiger partial charge in [-0.3, -0.25) is 9.67 Å². The maximum atomic E-state index is 5.24. The average Bonchev–Trinajstić information content (AvgIpc) is 2.69. The molecule has 90 valence electrons. The molecule has 0 unspecified atom stereocenters. The van der Waals surface area contributed by atoms with Crippen molar-refractivity contribution in [3.05, 3.63) is 51.5 Å². The van der Waals surface area contributed by atoms with E-state index in [9.17, 15) is 0 Å². The Kier molecular flexibility index (Phi) is 2.80. The van der Waals surface area contributed by atoms with Gasteiger partial charge in [0.2, 0.25) is 0 Å². The van der Waals surface area contributed by atoms with E-state index < -0.39 is 0 Å². The molecule has 0 spiro atoms. The minimum Gasteiger partial charge on any atom is -0.272 e. The summed E-state index contributed by atoms with van der Waals surface area (Å²) >= 11 is 8.71. The highest BCUT2D eigenvalue weighted by molar-refractivity contribution is 9.10. The molecule has 0 fully saturated rings. The summed E-state index contributed by atoms with van der Waals surface area (Å²) in [5, 5.41) is 9.30. The van der Waals surface area contributed by atoms with Crippen LogP contribution in [0.1, 0.15) is 5.82 Å². The molecule has 1 heterocycles. The summed E-state index contributed by atoms with van der Waals surface area (Å²) in [6.07, 6.45) is 0. The number of hydrogen-bond donors (Lipinski definition) is 1. The number of halogens is 1. The van der Waals surface area contributed by atoms with Crippen LogP contribution in [0.4, 0.5) is 0 Å². The standard InChI is InChI=1S/C13H10BrN3S/c1-8-15-16-13(18)17(8)12-5-3-9-6-11(14)4-2-10(9)7-12/h2-7H,1H3,(H,16,18). The number of H-pyrrole nitrogens is 1. The van der Waals surface area contributed by atoms with Crippen molar-refractivity contribution in [3.63, 3.8) is 0 Å². The van der Waals surface area contributed by atoms with Gasteiger partial charge in [-0.2, -0.15) is 5.10 Å². The van der Waals surface area contributed by atoms with Gasteiger partial charge in [0.05, 0.1) is 5.69 Å². The van der Waals surface area contributed by atoms with Gasteiger partial charge in [0.1, 0.15) is 5.82 Å². The van der Waals surface area contributed by atoms with Crippen LogP contribution in [0.3, 0.4) is 0 Å². The summed E-state index contributed by atoms with van der Waals surface area (Å²) in [6.45, 7) is 1.93. The normalized spacial score (nSPS) is 11.0. The molecule has 0 amide bonds. The lowest BCUT2D eigenvalue weighted by Gasteiger charge is -2.06. The molecule has 0 aliphatic rings. The van der Waals surface area contributed by atoms with Gasteiger partial charge in [-0.1, -0.05) is 28.1 Å². The molecular weight excluding hydrogens is 310 g/mol. The largest absolute Gasteiger partial charge is 0.272 e. The SMILES string of the molecule is Cc1n[nH]c(=S)n1-c1ccc2cc(Br)ccc2c1. The smallest absolute Gasteiger partial charge is 0.199 e. The summed E-state index contributed by atoms with van der Waals surface area (Å²) < 4.78 is 3.62. The van der Waals surface area contributed by atoms with Crippen molar-refractivity contribution in [1.82, 2.24) is 14.8 Å². The zero-order chi connectivity index (χ0) is 12.7. The van der Waals surface area contributed by atoms with Gasteiger partial charge < -0.3 is 0 Å². The second-order valence-electron chi connectivity index (χ2n) is 4.09.